The summed E-state index contributed by atoms with van der Waals surface area (Å²) < 4.78 is 10.5. The molecule has 5 heterocycles. The van der Waals surface area contributed by atoms with Gasteiger partial charge in [-0.15, -0.1) is 0 Å². The van der Waals surface area contributed by atoms with Crippen molar-refractivity contribution in [2.75, 3.05) is 37.8 Å². The summed E-state index contributed by atoms with van der Waals surface area (Å²) in [7, 11) is 1.75. The van der Waals surface area contributed by atoms with Gasteiger partial charge < -0.3 is 14.7 Å². The Hall–Kier alpha value is -4.02. The second-order valence-electron chi connectivity index (χ2n) is 9.02. The molecule has 1 fully saturated rings. The van der Waals surface area contributed by atoms with Crippen molar-refractivity contribution in [2.45, 2.75) is 13.5 Å². The molecule has 0 aliphatic carbocycles. The molecular weight excluding hydrogens is 458 g/mol. The van der Waals surface area contributed by atoms with Gasteiger partial charge in [0.25, 0.3) is 0 Å². The van der Waals surface area contributed by atoms with Crippen LogP contribution >= 0.6 is 0 Å². The van der Waals surface area contributed by atoms with Gasteiger partial charge in [-0.2, -0.15) is 5.10 Å². The van der Waals surface area contributed by atoms with E-state index in [0.29, 0.717) is 31.1 Å². The molecule has 1 aliphatic heterocycles. The summed E-state index contributed by atoms with van der Waals surface area (Å²) in [6.07, 6.45) is 7.29. The summed E-state index contributed by atoms with van der Waals surface area (Å²) in [5.74, 6) is 0. The molecule has 0 atom stereocenters. The number of fused-ring (bicyclic) bond motifs is 3. The number of aryl methyl sites for hydroxylation is 2. The third kappa shape index (κ3) is 3.66. The van der Waals surface area contributed by atoms with E-state index < -0.39 is 0 Å². The van der Waals surface area contributed by atoms with E-state index in [1.54, 1.807) is 33.3 Å². The number of morpholine rings is 1. The Morgan fingerprint density at radius 3 is 2.72 bits per heavy atom. The first-order valence-corrected chi connectivity index (χ1v) is 12.0. The molecule has 5 aromatic rings. The fourth-order valence-corrected chi connectivity index (χ4v) is 4.92. The van der Waals surface area contributed by atoms with Crippen molar-refractivity contribution in [3.05, 3.63) is 65.2 Å². The lowest BCUT2D eigenvalue weighted by atomic mass is 10.0. The molecule has 0 unspecified atom stereocenters. The Balaban J connectivity index is 1.55. The highest BCUT2D eigenvalue weighted by atomic mass is 16.5. The number of hydrogen-bond donors (Lipinski definition) is 1. The Kier molecular flexibility index (Phi) is 5.54. The maximum Gasteiger partial charge on any atom is 0.333 e. The van der Waals surface area contributed by atoms with Gasteiger partial charge in [-0.25, -0.2) is 4.79 Å². The van der Waals surface area contributed by atoms with Crippen LogP contribution in [0.5, 0.6) is 0 Å². The van der Waals surface area contributed by atoms with Gasteiger partial charge in [-0.3, -0.25) is 23.8 Å². The number of imidazole rings is 1. The minimum absolute atomic E-state index is 0.0290. The molecule has 0 radical (unpaired) electrons. The molecule has 10 nitrogen and oxygen atoms in total. The van der Waals surface area contributed by atoms with Gasteiger partial charge in [-0.1, -0.05) is 6.07 Å². The minimum atomic E-state index is -0.174. The van der Waals surface area contributed by atoms with Crippen LogP contribution in [0.1, 0.15) is 5.69 Å². The summed E-state index contributed by atoms with van der Waals surface area (Å²) in [5, 5.41) is 14.7. The number of aliphatic hydroxyl groups excluding tert-OH is 1. The Labute approximate surface area is 207 Å². The summed E-state index contributed by atoms with van der Waals surface area (Å²) in [4.78, 5) is 24.8. The summed E-state index contributed by atoms with van der Waals surface area (Å²) in [6, 6.07) is 8.24. The van der Waals surface area contributed by atoms with Crippen molar-refractivity contribution in [3.8, 4) is 16.8 Å². The smallest absolute Gasteiger partial charge is 0.333 e. The van der Waals surface area contributed by atoms with Gasteiger partial charge in [-0.05, 0) is 30.7 Å². The number of benzene rings is 1. The fourth-order valence-electron chi connectivity index (χ4n) is 4.92. The number of rotatable bonds is 5. The number of pyridine rings is 2. The van der Waals surface area contributed by atoms with Gasteiger partial charge in [0.2, 0.25) is 0 Å². The number of hydrogen-bond acceptors (Lipinski definition) is 7. The lowest BCUT2D eigenvalue weighted by Crippen LogP contribution is -2.36. The van der Waals surface area contributed by atoms with Crippen LogP contribution in [-0.4, -0.2) is 66.9 Å². The zero-order chi connectivity index (χ0) is 24.8. The van der Waals surface area contributed by atoms with Crippen molar-refractivity contribution in [1.29, 1.82) is 0 Å². The molecule has 10 heteroatoms. The van der Waals surface area contributed by atoms with E-state index in [0.717, 1.165) is 51.8 Å². The Bertz CT molecular complexity index is 1640. The fraction of sp³-hybridized carbons (Fsp3) is 0.308. The van der Waals surface area contributed by atoms with Crippen molar-refractivity contribution in [2.24, 2.45) is 7.05 Å². The zero-order valence-corrected chi connectivity index (χ0v) is 20.3. The number of aliphatic hydroxyl groups is 1. The van der Waals surface area contributed by atoms with Crippen molar-refractivity contribution >= 4 is 27.6 Å². The predicted octanol–water partition coefficient (Wildman–Crippen LogP) is 2.27. The first-order valence-electron chi connectivity index (χ1n) is 12.0. The Morgan fingerprint density at radius 1 is 1.08 bits per heavy atom. The molecule has 0 spiro atoms. The molecule has 6 rings (SSSR count). The van der Waals surface area contributed by atoms with Crippen LogP contribution in [-0.2, 0) is 18.3 Å². The lowest BCUT2D eigenvalue weighted by molar-refractivity contribution is 0.122. The predicted molar refractivity (Wildman–Crippen MR) is 138 cm³/mol. The highest BCUT2D eigenvalue weighted by Gasteiger charge is 2.20. The van der Waals surface area contributed by atoms with Crippen LogP contribution in [0.15, 0.2) is 53.8 Å². The van der Waals surface area contributed by atoms with Gasteiger partial charge in [0.05, 0.1) is 72.4 Å². The van der Waals surface area contributed by atoms with Gasteiger partial charge >= 0.3 is 5.69 Å². The van der Waals surface area contributed by atoms with E-state index in [-0.39, 0.29) is 12.3 Å². The second kappa shape index (κ2) is 8.89. The summed E-state index contributed by atoms with van der Waals surface area (Å²) >= 11 is 0. The minimum Gasteiger partial charge on any atom is -0.394 e. The number of anilines is 1. The average molecular weight is 486 g/mol. The van der Waals surface area contributed by atoms with E-state index in [2.05, 4.69) is 32.1 Å². The van der Waals surface area contributed by atoms with E-state index in [1.165, 1.54) is 0 Å². The van der Waals surface area contributed by atoms with E-state index in [4.69, 9.17) is 4.74 Å². The second-order valence-corrected chi connectivity index (χ2v) is 9.02. The van der Waals surface area contributed by atoms with Crippen LogP contribution in [0, 0.1) is 6.92 Å². The Morgan fingerprint density at radius 2 is 1.92 bits per heavy atom. The third-order valence-electron chi connectivity index (χ3n) is 6.81. The normalized spacial score (nSPS) is 14.2. The topological polar surface area (TPSA) is 103 Å². The average Bonchev–Trinajstić information content (AvgIpc) is 3.40. The quantitative estimate of drug-likeness (QED) is 0.407. The lowest BCUT2D eigenvalue weighted by Gasteiger charge is -2.28. The molecule has 1 aromatic carbocycles. The van der Waals surface area contributed by atoms with Crippen LogP contribution in [0.4, 0.5) is 5.69 Å². The molecule has 36 heavy (non-hydrogen) atoms. The van der Waals surface area contributed by atoms with Crippen molar-refractivity contribution < 1.29 is 9.84 Å². The zero-order valence-electron chi connectivity index (χ0n) is 20.3. The number of aromatic nitrogens is 6. The molecule has 0 saturated carbocycles. The SMILES string of the molecule is Cc1nn(CCO)cc1-n1c(=O)n(C)c2cnc3ccc(-c4cncc(N5CCOCC5)c4)cc3c21. The summed E-state index contributed by atoms with van der Waals surface area (Å²) in [6.45, 7) is 5.30. The molecule has 1 aliphatic rings. The third-order valence-corrected chi connectivity index (χ3v) is 6.81. The number of nitrogens with zero attached hydrogens (tertiary/aromatic N) is 7. The van der Waals surface area contributed by atoms with Crippen LogP contribution in [0.25, 0.3) is 38.8 Å². The molecule has 184 valence electrons. The summed E-state index contributed by atoms with van der Waals surface area (Å²) in [5.41, 5.74) is 6.59. The molecule has 1 N–H and O–H groups in total. The standard InChI is InChI=1S/C26H27N7O3/c1-17-24(16-32(29-17)5-8-34)33-25-21-12-18(3-4-22(21)28-15-23(25)30(2)26(33)35)19-11-20(14-27-13-19)31-6-9-36-10-7-31/h3-4,11-16,34H,5-10H2,1-2H3. The van der Waals surface area contributed by atoms with E-state index in [9.17, 15) is 9.90 Å². The largest absolute Gasteiger partial charge is 0.394 e. The van der Waals surface area contributed by atoms with Crippen molar-refractivity contribution in [3.63, 3.8) is 0 Å². The number of ether oxygens (including phenoxy) is 1. The first-order chi connectivity index (χ1) is 17.5. The molecule has 0 amide bonds. The molecule has 4 aromatic heterocycles. The van der Waals surface area contributed by atoms with Crippen LogP contribution < -0.4 is 10.6 Å². The monoisotopic (exact) mass is 485 g/mol. The maximum absolute atomic E-state index is 13.4. The molecule has 1 saturated heterocycles. The van der Waals surface area contributed by atoms with Gasteiger partial charge in [0.1, 0.15) is 0 Å². The molecular formula is C26H27N7O3. The maximum atomic E-state index is 13.4. The molecule has 0 bridgehead atoms. The van der Waals surface area contributed by atoms with Gasteiger partial charge in [0, 0.05) is 43.5 Å². The van der Waals surface area contributed by atoms with Crippen molar-refractivity contribution in [1.82, 2.24) is 28.9 Å². The first kappa shape index (κ1) is 22.4. The van der Waals surface area contributed by atoms with Crippen LogP contribution in [0.3, 0.4) is 0 Å². The highest BCUT2D eigenvalue weighted by molar-refractivity contribution is 6.04. The van der Waals surface area contributed by atoms with E-state index >= 15 is 0 Å². The van der Waals surface area contributed by atoms with E-state index in [1.807, 2.05) is 31.5 Å². The van der Waals surface area contributed by atoms with Crippen LogP contribution in [0.2, 0.25) is 0 Å². The van der Waals surface area contributed by atoms with Gasteiger partial charge in [0.15, 0.2) is 0 Å². The highest BCUT2D eigenvalue weighted by Crippen LogP contribution is 2.31.